The van der Waals surface area contributed by atoms with Crippen LogP contribution in [0.2, 0.25) is 0 Å². The molecule has 0 aromatic heterocycles. The van der Waals surface area contributed by atoms with Gasteiger partial charge >= 0.3 is 5.97 Å². The molecule has 4 N–H and O–H groups in total. The lowest BCUT2D eigenvalue weighted by Gasteiger charge is -2.36. The van der Waals surface area contributed by atoms with Crippen molar-refractivity contribution in [1.82, 2.24) is 5.32 Å². The van der Waals surface area contributed by atoms with E-state index in [4.69, 9.17) is 10.8 Å². The Balaban J connectivity index is 2.40. The minimum atomic E-state index is -0.819. The molecule has 104 valence electrons. The molecule has 18 heavy (non-hydrogen) atoms. The third kappa shape index (κ3) is 4.29. The number of rotatable bonds is 7. The summed E-state index contributed by atoms with van der Waals surface area (Å²) in [7, 11) is 0. The first-order valence-corrected chi connectivity index (χ1v) is 6.62. The van der Waals surface area contributed by atoms with E-state index in [0.29, 0.717) is 12.5 Å². The average Bonchev–Trinajstić information content (AvgIpc) is 2.20. The van der Waals surface area contributed by atoms with E-state index in [1.54, 1.807) is 0 Å². The van der Waals surface area contributed by atoms with Crippen molar-refractivity contribution in [3.63, 3.8) is 0 Å². The van der Waals surface area contributed by atoms with Gasteiger partial charge in [-0.3, -0.25) is 9.59 Å². The van der Waals surface area contributed by atoms with Crippen molar-refractivity contribution in [2.45, 2.75) is 51.5 Å². The minimum absolute atomic E-state index is 0.0184. The Morgan fingerprint density at radius 1 is 1.39 bits per heavy atom. The largest absolute Gasteiger partial charge is 0.481 e. The van der Waals surface area contributed by atoms with Crippen LogP contribution < -0.4 is 11.1 Å². The van der Waals surface area contributed by atoms with Crippen molar-refractivity contribution in [2.75, 3.05) is 6.54 Å². The van der Waals surface area contributed by atoms with Gasteiger partial charge in [0, 0.05) is 13.0 Å². The summed E-state index contributed by atoms with van der Waals surface area (Å²) in [5.74, 6) is -0.550. The molecule has 1 aliphatic rings. The summed E-state index contributed by atoms with van der Waals surface area (Å²) in [5.41, 5.74) is 5.20. The zero-order chi connectivity index (χ0) is 13.8. The van der Waals surface area contributed by atoms with Gasteiger partial charge in [0.15, 0.2) is 0 Å². The van der Waals surface area contributed by atoms with Crippen molar-refractivity contribution in [3.05, 3.63) is 0 Å². The second kappa shape index (κ2) is 6.18. The predicted octanol–water partition coefficient (Wildman–Crippen LogP) is 1.12. The molecule has 1 atom stereocenters. The van der Waals surface area contributed by atoms with E-state index in [9.17, 15) is 9.59 Å². The maximum Gasteiger partial charge on any atom is 0.303 e. The van der Waals surface area contributed by atoms with Crippen molar-refractivity contribution in [2.24, 2.45) is 17.6 Å². The Hall–Kier alpha value is -1.10. The van der Waals surface area contributed by atoms with E-state index in [1.807, 2.05) is 13.8 Å². The normalized spacial score (nSPS) is 19.1. The summed E-state index contributed by atoms with van der Waals surface area (Å²) >= 11 is 0. The Bertz CT molecular complexity index is 311. The predicted molar refractivity (Wildman–Crippen MR) is 69.0 cm³/mol. The molecular weight excluding hydrogens is 232 g/mol. The highest BCUT2D eigenvalue weighted by atomic mass is 16.4. The van der Waals surface area contributed by atoms with Gasteiger partial charge in [0.25, 0.3) is 0 Å². The monoisotopic (exact) mass is 256 g/mol. The zero-order valence-electron chi connectivity index (χ0n) is 11.2. The summed E-state index contributed by atoms with van der Waals surface area (Å²) in [6.07, 6.45) is 3.34. The number of carbonyl (C=O) groups is 2. The highest BCUT2D eigenvalue weighted by Gasteiger charge is 2.40. The number of nitrogens with two attached hydrogens (primary N) is 1. The number of hydrogen-bond donors (Lipinski definition) is 3. The standard InChI is InChI=1S/C13H24N2O3/c1-9(2)6-10(7-11(16)17)8-15-12(18)13(14)4-3-5-13/h9-10H,3-8,14H2,1-2H3,(H,15,18)(H,16,17)/t10-/m0/s1. The van der Waals surface area contributed by atoms with E-state index >= 15 is 0 Å². The minimum Gasteiger partial charge on any atom is -0.481 e. The molecule has 0 radical (unpaired) electrons. The van der Waals surface area contributed by atoms with Gasteiger partial charge in [-0.25, -0.2) is 0 Å². The fourth-order valence-electron chi connectivity index (χ4n) is 2.35. The first-order chi connectivity index (χ1) is 8.33. The fourth-order valence-corrected chi connectivity index (χ4v) is 2.35. The van der Waals surface area contributed by atoms with Gasteiger partial charge in [-0.05, 0) is 37.5 Å². The van der Waals surface area contributed by atoms with Gasteiger partial charge in [0.1, 0.15) is 0 Å². The molecule has 0 bridgehead atoms. The number of carboxylic acid groups (broad SMARTS) is 1. The summed E-state index contributed by atoms with van der Waals surface area (Å²) in [5, 5.41) is 11.7. The summed E-state index contributed by atoms with van der Waals surface area (Å²) in [4.78, 5) is 22.6. The number of amides is 1. The van der Waals surface area contributed by atoms with Gasteiger partial charge in [-0.15, -0.1) is 0 Å². The first kappa shape index (κ1) is 15.0. The number of carboxylic acids is 1. The maximum absolute atomic E-state index is 11.8. The maximum atomic E-state index is 11.8. The van der Waals surface area contributed by atoms with Crippen LogP contribution in [0.15, 0.2) is 0 Å². The molecule has 0 heterocycles. The van der Waals surface area contributed by atoms with E-state index in [2.05, 4.69) is 5.32 Å². The molecule has 0 aromatic rings. The third-order valence-corrected chi connectivity index (χ3v) is 3.52. The van der Waals surface area contributed by atoms with Crippen molar-refractivity contribution >= 4 is 11.9 Å². The van der Waals surface area contributed by atoms with Gasteiger partial charge in [-0.1, -0.05) is 13.8 Å². The molecule has 1 aliphatic carbocycles. The number of hydrogen-bond acceptors (Lipinski definition) is 3. The smallest absolute Gasteiger partial charge is 0.303 e. The third-order valence-electron chi connectivity index (χ3n) is 3.52. The zero-order valence-corrected chi connectivity index (χ0v) is 11.2. The molecule has 1 rings (SSSR count). The number of aliphatic carboxylic acids is 1. The second-order valence-corrected chi connectivity index (χ2v) is 5.81. The molecule has 5 heteroatoms. The molecule has 1 saturated carbocycles. The summed E-state index contributed by atoms with van der Waals surface area (Å²) < 4.78 is 0. The lowest BCUT2D eigenvalue weighted by molar-refractivity contribution is -0.138. The second-order valence-electron chi connectivity index (χ2n) is 5.81. The van der Waals surface area contributed by atoms with Gasteiger partial charge < -0.3 is 16.2 Å². The highest BCUT2D eigenvalue weighted by Crippen LogP contribution is 2.29. The molecule has 0 saturated heterocycles. The lowest BCUT2D eigenvalue weighted by Crippen LogP contribution is -2.59. The van der Waals surface area contributed by atoms with Crippen LogP contribution in [-0.4, -0.2) is 29.1 Å². The van der Waals surface area contributed by atoms with Crippen LogP contribution in [0.3, 0.4) is 0 Å². The molecule has 1 fully saturated rings. The van der Waals surface area contributed by atoms with Crippen LogP contribution >= 0.6 is 0 Å². The summed E-state index contributed by atoms with van der Waals surface area (Å²) in [6.45, 7) is 4.50. The highest BCUT2D eigenvalue weighted by molar-refractivity contribution is 5.87. The van der Waals surface area contributed by atoms with Crippen LogP contribution in [0.5, 0.6) is 0 Å². The molecule has 5 nitrogen and oxygen atoms in total. The van der Waals surface area contributed by atoms with Crippen LogP contribution in [-0.2, 0) is 9.59 Å². The van der Waals surface area contributed by atoms with Crippen LogP contribution in [0.4, 0.5) is 0 Å². The average molecular weight is 256 g/mol. The topological polar surface area (TPSA) is 92.4 Å². The molecule has 0 aliphatic heterocycles. The molecule has 1 amide bonds. The molecule has 0 spiro atoms. The van der Waals surface area contributed by atoms with Crippen molar-refractivity contribution in [1.29, 1.82) is 0 Å². The Morgan fingerprint density at radius 3 is 2.39 bits per heavy atom. The molecule has 0 unspecified atom stereocenters. The van der Waals surface area contributed by atoms with Gasteiger partial charge in [0.2, 0.25) is 5.91 Å². The SMILES string of the molecule is CC(C)C[C@H](CNC(=O)C1(N)CCC1)CC(=O)O. The van der Waals surface area contributed by atoms with Crippen molar-refractivity contribution in [3.8, 4) is 0 Å². The van der Waals surface area contributed by atoms with E-state index < -0.39 is 11.5 Å². The Labute approximate surface area is 108 Å². The van der Waals surface area contributed by atoms with Crippen molar-refractivity contribution < 1.29 is 14.7 Å². The molecular formula is C13H24N2O3. The summed E-state index contributed by atoms with van der Waals surface area (Å²) in [6, 6.07) is 0. The lowest BCUT2D eigenvalue weighted by atomic mass is 9.77. The van der Waals surface area contributed by atoms with Crippen LogP contribution in [0.1, 0.15) is 46.0 Å². The van der Waals surface area contributed by atoms with E-state index in [0.717, 1.165) is 25.7 Å². The Morgan fingerprint density at radius 2 is 2.00 bits per heavy atom. The van der Waals surface area contributed by atoms with E-state index in [-0.39, 0.29) is 18.2 Å². The quantitative estimate of drug-likeness (QED) is 0.636. The Kier molecular flexibility index (Phi) is 5.14. The molecule has 0 aromatic carbocycles. The first-order valence-electron chi connectivity index (χ1n) is 6.62. The number of carbonyl (C=O) groups excluding carboxylic acids is 1. The van der Waals surface area contributed by atoms with Gasteiger partial charge in [-0.2, -0.15) is 0 Å². The van der Waals surface area contributed by atoms with Crippen LogP contribution in [0.25, 0.3) is 0 Å². The number of nitrogens with one attached hydrogen (secondary N) is 1. The van der Waals surface area contributed by atoms with Gasteiger partial charge in [0.05, 0.1) is 5.54 Å². The van der Waals surface area contributed by atoms with E-state index in [1.165, 1.54) is 0 Å². The van der Waals surface area contributed by atoms with Crippen LogP contribution in [0, 0.1) is 11.8 Å². The fraction of sp³-hybridized carbons (Fsp3) is 0.846.